The normalized spacial score (nSPS) is 15.1. The maximum Gasteiger partial charge on any atom is 0.254 e. The minimum absolute atomic E-state index is 0.0438. The van der Waals surface area contributed by atoms with Gasteiger partial charge in [-0.2, -0.15) is 0 Å². The van der Waals surface area contributed by atoms with Crippen LogP contribution in [0.4, 0.5) is 0 Å². The molecule has 15 heavy (non-hydrogen) atoms. The second kappa shape index (κ2) is 3.96. The first kappa shape index (κ1) is 10.1. The van der Waals surface area contributed by atoms with E-state index in [0.717, 1.165) is 30.8 Å². The number of nitrogens with one attached hydrogen (secondary N) is 1. The third kappa shape index (κ3) is 2.32. The predicted molar refractivity (Wildman–Crippen MR) is 56.6 cm³/mol. The number of hydrogen-bond donors (Lipinski definition) is 1. The molecule has 1 aromatic heterocycles. The first-order chi connectivity index (χ1) is 7.20. The molecule has 1 fully saturated rings. The SMILES string of the molecule is CCc1ncc(C(=O)NC2CC2)c(C)n1. The van der Waals surface area contributed by atoms with Gasteiger partial charge in [0, 0.05) is 18.7 Å². The number of amides is 1. The van der Waals surface area contributed by atoms with Gasteiger partial charge in [-0.3, -0.25) is 4.79 Å². The minimum Gasteiger partial charge on any atom is -0.349 e. The second-order valence-electron chi connectivity index (χ2n) is 3.89. The van der Waals surface area contributed by atoms with Crippen molar-refractivity contribution in [3.63, 3.8) is 0 Å². The average molecular weight is 205 g/mol. The van der Waals surface area contributed by atoms with Crippen LogP contribution in [0.5, 0.6) is 0 Å². The lowest BCUT2D eigenvalue weighted by molar-refractivity contribution is 0.0949. The Hall–Kier alpha value is -1.45. The van der Waals surface area contributed by atoms with Crippen molar-refractivity contribution in [2.24, 2.45) is 0 Å². The Kier molecular flexibility index (Phi) is 2.66. The van der Waals surface area contributed by atoms with E-state index in [2.05, 4.69) is 15.3 Å². The van der Waals surface area contributed by atoms with E-state index in [4.69, 9.17) is 0 Å². The molecule has 4 heteroatoms. The molecule has 1 saturated carbocycles. The molecule has 0 aliphatic heterocycles. The van der Waals surface area contributed by atoms with Crippen LogP contribution >= 0.6 is 0 Å². The first-order valence-electron chi connectivity index (χ1n) is 5.34. The summed E-state index contributed by atoms with van der Waals surface area (Å²) in [5.41, 5.74) is 1.36. The minimum atomic E-state index is -0.0438. The van der Waals surface area contributed by atoms with Crippen LogP contribution in [0, 0.1) is 6.92 Å². The molecule has 0 bridgehead atoms. The lowest BCUT2D eigenvalue weighted by Gasteiger charge is -2.06. The average Bonchev–Trinajstić information content (AvgIpc) is 3.01. The van der Waals surface area contributed by atoms with Crippen molar-refractivity contribution in [2.75, 3.05) is 0 Å². The standard InChI is InChI=1S/C11H15N3O/c1-3-10-12-6-9(7(2)13-10)11(15)14-8-4-5-8/h6,8H,3-5H2,1-2H3,(H,14,15). The van der Waals surface area contributed by atoms with Crippen LogP contribution in [0.1, 0.15) is 41.6 Å². The zero-order valence-corrected chi connectivity index (χ0v) is 9.08. The van der Waals surface area contributed by atoms with Gasteiger partial charge in [-0.05, 0) is 19.8 Å². The molecule has 1 aromatic rings. The van der Waals surface area contributed by atoms with Crippen molar-refractivity contribution < 1.29 is 4.79 Å². The summed E-state index contributed by atoms with van der Waals surface area (Å²) < 4.78 is 0. The number of aromatic nitrogens is 2. The molecule has 2 rings (SSSR count). The molecule has 1 N–H and O–H groups in total. The Morgan fingerprint density at radius 1 is 1.60 bits per heavy atom. The lowest BCUT2D eigenvalue weighted by Crippen LogP contribution is -2.26. The third-order valence-corrected chi connectivity index (χ3v) is 2.50. The van der Waals surface area contributed by atoms with Crippen LogP contribution < -0.4 is 5.32 Å². The van der Waals surface area contributed by atoms with Gasteiger partial charge in [0.2, 0.25) is 0 Å². The van der Waals surface area contributed by atoms with E-state index in [1.807, 2.05) is 13.8 Å². The van der Waals surface area contributed by atoms with Crippen LogP contribution in [0.25, 0.3) is 0 Å². The summed E-state index contributed by atoms with van der Waals surface area (Å²) in [5, 5.41) is 2.93. The summed E-state index contributed by atoms with van der Waals surface area (Å²) >= 11 is 0. The smallest absolute Gasteiger partial charge is 0.254 e. The molecule has 0 aromatic carbocycles. The molecule has 0 spiro atoms. The van der Waals surface area contributed by atoms with Gasteiger partial charge in [0.05, 0.1) is 11.3 Å². The van der Waals surface area contributed by atoms with Crippen LogP contribution in [0.2, 0.25) is 0 Å². The van der Waals surface area contributed by atoms with Gasteiger partial charge in [-0.1, -0.05) is 6.92 Å². The van der Waals surface area contributed by atoms with Gasteiger partial charge in [0.25, 0.3) is 5.91 Å². The molecule has 4 nitrogen and oxygen atoms in total. The molecule has 0 atom stereocenters. The number of carbonyl (C=O) groups is 1. The summed E-state index contributed by atoms with van der Waals surface area (Å²) in [6, 6.07) is 0.378. The van der Waals surface area contributed by atoms with E-state index in [-0.39, 0.29) is 5.91 Å². The van der Waals surface area contributed by atoms with Gasteiger partial charge in [0.1, 0.15) is 5.82 Å². The van der Waals surface area contributed by atoms with Crippen molar-refractivity contribution in [1.29, 1.82) is 0 Å². The van der Waals surface area contributed by atoms with Crippen molar-refractivity contribution >= 4 is 5.91 Å². The van der Waals surface area contributed by atoms with Crippen molar-refractivity contribution in [3.05, 3.63) is 23.3 Å². The molecule has 1 amide bonds. The molecule has 0 unspecified atom stereocenters. The summed E-state index contributed by atoms with van der Waals surface area (Å²) in [4.78, 5) is 20.1. The maximum absolute atomic E-state index is 11.7. The van der Waals surface area contributed by atoms with E-state index in [1.54, 1.807) is 6.20 Å². The first-order valence-corrected chi connectivity index (χ1v) is 5.34. The quantitative estimate of drug-likeness (QED) is 0.807. The summed E-state index contributed by atoms with van der Waals surface area (Å²) in [5.74, 6) is 0.744. The molecule has 1 aliphatic rings. The van der Waals surface area contributed by atoms with E-state index in [1.165, 1.54) is 0 Å². The predicted octanol–water partition coefficient (Wildman–Crippen LogP) is 1.24. The number of aryl methyl sites for hydroxylation is 2. The van der Waals surface area contributed by atoms with Gasteiger partial charge in [0.15, 0.2) is 0 Å². The Bertz CT molecular complexity index is 385. The Balaban J connectivity index is 2.15. The van der Waals surface area contributed by atoms with Crippen molar-refractivity contribution in [3.8, 4) is 0 Å². The van der Waals surface area contributed by atoms with Crippen molar-refractivity contribution in [2.45, 2.75) is 39.2 Å². The van der Waals surface area contributed by atoms with Crippen LogP contribution in [-0.2, 0) is 6.42 Å². The summed E-state index contributed by atoms with van der Waals surface area (Å²) in [7, 11) is 0. The molecular weight excluding hydrogens is 190 g/mol. The Morgan fingerprint density at radius 3 is 2.87 bits per heavy atom. The van der Waals surface area contributed by atoms with Crippen LogP contribution in [0.3, 0.4) is 0 Å². The van der Waals surface area contributed by atoms with E-state index >= 15 is 0 Å². The van der Waals surface area contributed by atoms with Crippen molar-refractivity contribution in [1.82, 2.24) is 15.3 Å². The van der Waals surface area contributed by atoms with Gasteiger partial charge >= 0.3 is 0 Å². The van der Waals surface area contributed by atoms with E-state index in [0.29, 0.717) is 11.6 Å². The number of nitrogens with zero attached hydrogens (tertiary/aromatic N) is 2. The second-order valence-corrected chi connectivity index (χ2v) is 3.89. The highest BCUT2D eigenvalue weighted by Crippen LogP contribution is 2.19. The summed E-state index contributed by atoms with van der Waals surface area (Å²) in [6.45, 7) is 3.85. The molecule has 80 valence electrons. The molecular formula is C11H15N3O. The van der Waals surface area contributed by atoms with Crippen LogP contribution in [0.15, 0.2) is 6.20 Å². The zero-order chi connectivity index (χ0) is 10.8. The highest BCUT2D eigenvalue weighted by Gasteiger charge is 2.24. The lowest BCUT2D eigenvalue weighted by atomic mass is 10.2. The highest BCUT2D eigenvalue weighted by molar-refractivity contribution is 5.95. The maximum atomic E-state index is 11.7. The molecule has 1 heterocycles. The number of carbonyl (C=O) groups excluding carboxylic acids is 1. The molecule has 1 aliphatic carbocycles. The third-order valence-electron chi connectivity index (χ3n) is 2.50. The van der Waals surface area contributed by atoms with E-state index < -0.39 is 0 Å². The Labute approximate surface area is 89.1 Å². The monoisotopic (exact) mass is 205 g/mol. The molecule has 0 radical (unpaired) electrons. The van der Waals surface area contributed by atoms with Gasteiger partial charge in [-0.15, -0.1) is 0 Å². The zero-order valence-electron chi connectivity index (χ0n) is 9.08. The van der Waals surface area contributed by atoms with Gasteiger partial charge in [-0.25, -0.2) is 9.97 Å². The number of hydrogen-bond acceptors (Lipinski definition) is 3. The van der Waals surface area contributed by atoms with Gasteiger partial charge < -0.3 is 5.32 Å². The van der Waals surface area contributed by atoms with Crippen LogP contribution in [-0.4, -0.2) is 21.9 Å². The largest absolute Gasteiger partial charge is 0.349 e. The summed E-state index contributed by atoms with van der Waals surface area (Å²) in [6.07, 6.45) is 4.61. The Morgan fingerprint density at radius 2 is 2.33 bits per heavy atom. The molecule has 0 saturated heterocycles. The number of rotatable bonds is 3. The fourth-order valence-corrected chi connectivity index (χ4v) is 1.40. The highest BCUT2D eigenvalue weighted by atomic mass is 16.1. The van der Waals surface area contributed by atoms with E-state index in [9.17, 15) is 4.79 Å². The topological polar surface area (TPSA) is 54.9 Å². The fraction of sp³-hybridized carbons (Fsp3) is 0.545. The fourth-order valence-electron chi connectivity index (χ4n) is 1.40.